The first-order valence-corrected chi connectivity index (χ1v) is 3.12. The molecule has 0 fully saturated rings. The minimum atomic E-state index is -3.14. The van der Waals surface area contributed by atoms with Crippen molar-refractivity contribution in [3.63, 3.8) is 0 Å². The number of hydrogen-bond donors (Lipinski definition) is 5. The van der Waals surface area contributed by atoms with E-state index in [1.54, 1.807) is 0 Å². The van der Waals surface area contributed by atoms with Gasteiger partial charge in [0.2, 0.25) is 0 Å². The van der Waals surface area contributed by atoms with Crippen LogP contribution >= 0.6 is 0 Å². The lowest BCUT2D eigenvalue weighted by atomic mass is 10.1. The molecule has 3 atom stereocenters. The van der Waals surface area contributed by atoms with Crippen LogP contribution in [0.3, 0.4) is 0 Å². The van der Waals surface area contributed by atoms with Gasteiger partial charge in [-0.2, -0.15) is 0 Å². The van der Waals surface area contributed by atoms with Gasteiger partial charge in [-0.15, -0.1) is 0 Å². The molecule has 0 heterocycles. The lowest BCUT2D eigenvalue weighted by Crippen LogP contribution is -2.44. The summed E-state index contributed by atoms with van der Waals surface area (Å²) >= 11 is 0. The molecule has 0 aliphatic rings. The molecule has 0 aromatic heterocycles. The maximum absolute atomic E-state index is 10.6. The van der Waals surface area contributed by atoms with Gasteiger partial charge in [-0.05, 0) is 0 Å². The quantitative estimate of drug-likeness (QED) is 0.303. The Morgan fingerprint density at radius 2 is 1.83 bits per heavy atom. The predicted octanol–water partition coefficient (Wildman–Crippen LogP) is -3.38. The number of carbonyl (C=O) groups is 1. The van der Waals surface area contributed by atoms with Crippen molar-refractivity contribution in [2.24, 2.45) is 0 Å². The Labute approximate surface area is 71.5 Å². The normalized spacial score (nSPS) is 22.1. The van der Waals surface area contributed by atoms with Crippen LogP contribution in [-0.4, -0.2) is 62.8 Å². The molecule has 0 aromatic carbocycles. The molecule has 0 amide bonds. The number of carbonyl (C=O) groups excluding carboxylic acids is 1. The molecule has 0 unspecified atom stereocenters. The van der Waals surface area contributed by atoms with Crippen molar-refractivity contribution in [1.82, 2.24) is 0 Å². The number of rotatable bonds is 5. The Kier molecular flexibility index (Phi) is 3.49. The van der Waals surface area contributed by atoms with Gasteiger partial charge in [-0.3, -0.25) is 4.79 Å². The van der Waals surface area contributed by atoms with Crippen molar-refractivity contribution in [2.75, 3.05) is 13.2 Å². The second kappa shape index (κ2) is 5.18. The fraction of sp³-hybridized carbons (Fsp3) is 0.833. The molecule has 12 heavy (non-hydrogen) atoms. The van der Waals surface area contributed by atoms with Gasteiger partial charge in [0, 0.05) is 0 Å². The van der Waals surface area contributed by atoms with Gasteiger partial charge < -0.3 is 25.5 Å². The van der Waals surface area contributed by atoms with E-state index in [0.29, 0.717) is 0 Å². The molecule has 0 radical (unpaired) electrons. The molecular formula is C6H12O6. The molecule has 0 saturated carbocycles. The highest BCUT2D eigenvalue weighted by Gasteiger charge is 2.28. The van der Waals surface area contributed by atoms with Crippen molar-refractivity contribution >= 4 is 5.78 Å². The van der Waals surface area contributed by atoms with Crippen molar-refractivity contribution in [3.8, 4) is 0 Å². The van der Waals surface area contributed by atoms with E-state index in [2.05, 4.69) is 0 Å². The third-order valence-corrected chi connectivity index (χ3v) is 1.26. The lowest BCUT2D eigenvalue weighted by molar-refractivity contribution is -0.142. The third kappa shape index (κ3) is 2.84. The smallest absolute Gasteiger partial charge is 0.189 e. The summed E-state index contributed by atoms with van der Waals surface area (Å²) in [6, 6.07) is 0. The van der Waals surface area contributed by atoms with E-state index in [0.717, 1.165) is 0 Å². The van der Waals surface area contributed by atoms with E-state index in [-0.39, 0.29) is 0 Å². The number of ketones is 1. The van der Waals surface area contributed by atoms with Crippen LogP contribution in [0, 0.1) is 0 Å². The van der Waals surface area contributed by atoms with Gasteiger partial charge in [0.25, 0.3) is 0 Å². The van der Waals surface area contributed by atoms with Gasteiger partial charge in [-0.1, -0.05) is 0 Å². The number of Topliss-reactive ketones (excluding diaryl/α,β-unsaturated/α-hetero) is 1. The van der Waals surface area contributed by atoms with Crippen molar-refractivity contribution < 1.29 is 33.1 Å². The van der Waals surface area contributed by atoms with Gasteiger partial charge in [0.15, 0.2) is 5.78 Å². The molecule has 6 nitrogen and oxygen atoms in total. The highest BCUT2D eigenvalue weighted by atomic mass is 16.4. The van der Waals surface area contributed by atoms with E-state index in [1.807, 2.05) is 0 Å². The monoisotopic (exact) mass is 182 g/mol. The Bertz CT molecular complexity index is 203. The first kappa shape index (κ1) is 8.09. The molecule has 0 spiro atoms. The van der Waals surface area contributed by atoms with E-state index in [1.165, 1.54) is 0 Å². The largest absolute Gasteiger partial charge is 0.394 e. The number of hydrogen-bond acceptors (Lipinski definition) is 6. The van der Waals surface area contributed by atoms with Crippen molar-refractivity contribution in [3.05, 3.63) is 0 Å². The van der Waals surface area contributed by atoms with Crippen molar-refractivity contribution in [2.45, 2.75) is 18.3 Å². The summed E-state index contributed by atoms with van der Waals surface area (Å²) in [4.78, 5) is 10.6. The zero-order valence-electron chi connectivity index (χ0n) is 8.08. The van der Waals surface area contributed by atoms with E-state index in [4.69, 9.17) is 28.3 Å². The summed E-state index contributed by atoms with van der Waals surface area (Å²) in [5.74, 6) is -1.18. The highest BCUT2D eigenvalue weighted by Crippen LogP contribution is 2.00. The molecule has 0 saturated heterocycles. The summed E-state index contributed by atoms with van der Waals surface area (Å²) in [6.07, 6.45) is -6.68. The predicted molar refractivity (Wildman–Crippen MR) is 37.2 cm³/mol. The summed E-state index contributed by atoms with van der Waals surface area (Å²) in [7, 11) is 0. The SMILES string of the molecule is [2H]C([2H])(O)[C@@H](O)[C@@H](O)[C@H](O)C(=O)CO. The van der Waals surface area contributed by atoms with Crippen LogP contribution in [0.25, 0.3) is 0 Å². The van der Waals surface area contributed by atoms with Crippen LogP contribution in [0.2, 0.25) is 0 Å². The van der Waals surface area contributed by atoms with Crippen LogP contribution in [-0.2, 0) is 4.79 Å². The fourth-order valence-corrected chi connectivity index (χ4v) is 0.533. The molecule has 0 aliphatic heterocycles. The topological polar surface area (TPSA) is 118 Å². The second-order valence-electron chi connectivity index (χ2n) is 2.13. The molecule has 0 rings (SSSR count). The number of aliphatic hydroxyl groups is 5. The maximum Gasteiger partial charge on any atom is 0.189 e. The molecule has 6 heteroatoms. The highest BCUT2D eigenvalue weighted by molar-refractivity contribution is 5.84. The van der Waals surface area contributed by atoms with Crippen LogP contribution < -0.4 is 0 Å². The van der Waals surface area contributed by atoms with Gasteiger partial charge in [0.1, 0.15) is 24.9 Å². The average molecular weight is 182 g/mol. The lowest BCUT2D eigenvalue weighted by Gasteiger charge is -2.19. The van der Waals surface area contributed by atoms with E-state index in [9.17, 15) is 4.79 Å². The van der Waals surface area contributed by atoms with Gasteiger partial charge in [0.05, 0.1) is 9.30 Å². The first-order valence-electron chi connectivity index (χ1n) is 4.12. The summed E-state index contributed by atoms with van der Waals surface area (Å²) < 4.78 is 13.2. The van der Waals surface area contributed by atoms with E-state index >= 15 is 0 Å². The average Bonchev–Trinajstić information content (AvgIpc) is 2.11. The van der Waals surface area contributed by atoms with E-state index < -0.39 is 37.3 Å². The fourth-order valence-electron chi connectivity index (χ4n) is 0.533. The zero-order chi connectivity index (χ0) is 11.5. The Hall–Kier alpha value is -0.530. The molecule has 0 aromatic rings. The van der Waals surface area contributed by atoms with Crippen LogP contribution in [0.1, 0.15) is 2.74 Å². The molecule has 5 N–H and O–H groups in total. The van der Waals surface area contributed by atoms with Crippen LogP contribution in [0.15, 0.2) is 0 Å². The van der Waals surface area contributed by atoms with Crippen LogP contribution in [0.5, 0.6) is 0 Å². The first-order chi connectivity index (χ1) is 6.21. The van der Waals surface area contributed by atoms with Gasteiger partial charge in [-0.25, -0.2) is 0 Å². The Morgan fingerprint density at radius 3 is 2.17 bits per heavy atom. The molecule has 0 aliphatic carbocycles. The molecule has 0 bridgehead atoms. The third-order valence-electron chi connectivity index (χ3n) is 1.26. The zero-order valence-corrected chi connectivity index (χ0v) is 6.08. The standard InChI is InChI=1S/C6H12O6/c7-1-3(9)5(11)6(12)4(10)2-8/h3,5-9,11-12H,1-2H2/t3-,5-,6-/m1/s1/i1D2. The van der Waals surface area contributed by atoms with Crippen molar-refractivity contribution in [1.29, 1.82) is 0 Å². The Morgan fingerprint density at radius 1 is 1.33 bits per heavy atom. The summed E-state index contributed by atoms with van der Waals surface area (Å²) in [6.45, 7) is -4.20. The van der Waals surface area contributed by atoms with Gasteiger partial charge >= 0.3 is 0 Å². The summed E-state index contributed by atoms with van der Waals surface area (Å²) in [5, 5.41) is 43.7. The number of aliphatic hydroxyl groups excluding tert-OH is 4. The minimum Gasteiger partial charge on any atom is -0.394 e. The molecule has 72 valence electrons. The Balaban J connectivity index is 4.46. The summed E-state index contributed by atoms with van der Waals surface area (Å²) in [5.41, 5.74) is 0. The van der Waals surface area contributed by atoms with Crippen LogP contribution in [0.4, 0.5) is 0 Å². The second-order valence-corrected chi connectivity index (χ2v) is 2.13. The minimum absolute atomic E-state index is 1.06. The maximum atomic E-state index is 10.6. The molecular weight excluding hydrogens is 168 g/mol.